The van der Waals surface area contributed by atoms with E-state index in [-0.39, 0.29) is 11.8 Å². The van der Waals surface area contributed by atoms with Crippen molar-refractivity contribution >= 4 is 34.8 Å². The van der Waals surface area contributed by atoms with Crippen molar-refractivity contribution in [2.45, 2.75) is 20.8 Å². The van der Waals surface area contributed by atoms with Gasteiger partial charge in [0.1, 0.15) is 5.75 Å². The average molecular weight is 290 g/mol. The fourth-order valence-corrected chi connectivity index (χ4v) is 1.53. The predicted octanol–water partition coefficient (Wildman–Crippen LogP) is 3.94. The molecular weight excluding hydrogens is 273 g/mol. The molecule has 5 heteroatoms. The number of hydrogen-bond acceptors (Lipinski definition) is 2. The molecule has 0 aromatic heterocycles. The second-order valence-corrected chi connectivity index (χ2v) is 5.25. The molecule has 0 heterocycles. The van der Waals surface area contributed by atoms with E-state index < -0.39 is 5.41 Å². The van der Waals surface area contributed by atoms with Crippen molar-refractivity contribution in [1.82, 2.24) is 0 Å². The van der Waals surface area contributed by atoms with E-state index in [2.05, 4.69) is 5.32 Å². The summed E-state index contributed by atoms with van der Waals surface area (Å²) in [6.07, 6.45) is 0. The van der Waals surface area contributed by atoms with Crippen LogP contribution in [0.3, 0.4) is 0 Å². The highest BCUT2D eigenvalue weighted by Crippen LogP contribution is 2.30. The molecule has 1 aromatic rings. The van der Waals surface area contributed by atoms with E-state index in [1.807, 2.05) is 6.92 Å². The normalized spacial score (nSPS) is 11.2. The third-order valence-electron chi connectivity index (χ3n) is 2.44. The van der Waals surface area contributed by atoms with Crippen LogP contribution in [-0.4, -0.2) is 18.4 Å². The molecule has 1 N–H and O–H groups in total. The van der Waals surface area contributed by atoms with E-state index in [4.69, 9.17) is 27.9 Å². The molecule has 0 aliphatic carbocycles. The van der Waals surface area contributed by atoms with Gasteiger partial charge in [-0.2, -0.15) is 0 Å². The van der Waals surface area contributed by atoms with Crippen molar-refractivity contribution in [3.05, 3.63) is 23.2 Å². The number of ether oxygens (including phenoxy) is 1. The fraction of sp³-hybridized carbons (Fsp3) is 0.462. The number of anilines is 1. The van der Waals surface area contributed by atoms with Gasteiger partial charge in [-0.05, 0) is 39.0 Å². The largest absolute Gasteiger partial charge is 0.492 e. The Balaban J connectivity index is 2.95. The summed E-state index contributed by atoms with van der Waals surface area (Å²) in [7, 11) is 0. The van der Waals surface area contributed by atoms with Crippen LogP contribution in [0.15, 0.2) is 18.2 Å². The van der Waals surface area contributed by atoms with Crippen LogP contribution in [0.4, 0.5) is 5.69 Å². The minimum Gasteiger partial charge on any atom is -0.492 e. The van der Waals surface area contributed by atoms with Crippen LogP contribution >= 0.6 is 23.2 Å². The molecule has 100 valence electrons. The van der Waals surface area contributed by atoms with Crippen LogP contribution in [-0.2, 0) is 4.79 Å². The molecule has 3 nitrogen and oxygen atoms in total. The molecule has 0 saturated heterocycles. The minimum absolute atomic E-state index is 0.166. The summed E-state index contributed by atoms with van der Waals surface area (Å²) < 4.78 is 5.43. The first-order valence-corrected chi connectivity index (χ1v) is 6.61. The van der Waals surface area contributed by atoms with Crippen molar-refractivity contribution in [1.29, 1.82) is 0 Å². The van der Waals surface area contributed by atoms with Crippen molar-refractivity contribution in [3.63, 3.8) is 0 Å². The van der Waals surface area contributed by atoms with Crippen molar-refractivity contribution < 1.29 is 9.53 Å². The zero-order valence-corrected chi connectivity index (χ0v) is 12.2. The molecule has 0 bridgehead atoms. The summed E-state index contributed by atoms with van der Waals surface area (Å²) in [6, 6.07) is 5.11. The van der Waals surface area contributed by atoms with E-state index in [1.54, 1.807) is 32.0 Å². The highest BCUT2D eigenvalue weighted by Gasteiger charge is 2.27. The van der Waals surface area contributed by atoms with Gasteiger partial charge in [0.25, 0.3) is 0 Å². The second kappa shape index (κ2) is 6.30. The van der Waals surface area contributed by atoms with E-state index in [0.717, 1.165) is 0 Å². The van der Waals surface area contributed by atoms with E-state index >= 15 is 0 Å². The van der Waals surface area contributed by atoms with Gasteiger partial charge in [-0.1, -0.05) is 11.6 Å². The quantitative estimate of drug-likeness (QED) is 0.834. The molecular formula is C13H17Cl2NO2. The van der Waals surface area contributed by atoms with Gasteiger partial charge in [0.05, 0.1) is 17.7 Å². The summed E-state index contributed by atoms with van der Waals surface area (Å²) in [5, 5.41) is 3.33. The summed E-state index contributed by atoms with van der Waals surface area (Å²) in [5.74, 6) is 0.671. The van der Waals surface area contributed by atoms with Crippen LogP contribution in [0.1, 0.15) is 20.8 Å². The Morgan fingerprint density at radius 1 is 1.44 bits per heavy atom. The van der Waals surface area contributed by atoms with Crippen LogP contribution in [0, 0.1) is 5.41 Å². The van der Waals surface area contributed by atoms with Crippen molar-refractivity contribution in [2.75, 3.05) is 17.8 Å². The topological polar surface area (TPSA) is 38.3 Å². The van der Waals surface area contributed by atoms with Gasteiger partial charge < -0.3 is 10.1 Å². The molecule has 0 saturated carbocycles. The lowest BCUT2D eigenvalue weighted by Crippen LogP contribution is -2.32. The molecule has 0 fully saturated rings. The molecule has 0 radical (unpaired) electrons. The minimum atomic E-state index is -0.645. The summed E-state index contributed by atoms with van der Waals surface area (Å²) in [6.45, 7) is 5.95. The van der Waals surface area contributed by atoms with Gasteiger partial charge in [0.2, 0.25) is 5.91 Å². The summed E-state index contributed by atoms with van der Waals surface area (Å²) >= 11 is 11.7. The van der Waals surface area contributed by atoms with Gasteiger partial charge >= 0.3 is 0 Å². The van der Waals surface area contributed by atoms with Gasteiger partial charge in [-0.25, -0.2) is 0 Å². The Morgan fingerprint density at radius 3 is 2.67 bits per heavy atom. The Kier molecular flexibility index (Phi) is 5.29. The van der Waals surface area contributed by atoms with Gasteiger partial charge in [0, 0.05) is 10.9 Å². The monoisotopic (exact) mass is 289 g/mol. The molecule has 1 amide bonds. The Morgan fingerprint density at radius 2 is 2.11 bits per heavy atom. The van der Waals surface area contributed by atoms with Crippen LogP contribution in [0.25, 0.3) is 0 Å². The number of hydrogen-bond donors (Lipinski definition) is 1. The molecule has 0 spiro atoms. The van der Waals surface area contributed by atoms with Gasteiger partial charge in [-0.3, -0.25) is 4.79 Å². The number of carbonyl (C=O) groups excluding carboxylic acids is 1. The van der Waals surface area contributed by atoms with E-state index in [9.17, 15) is 4.79 Å². The maximum absolute atomic E-state index is 12.0. The zero-order chi connectivity index (χ0) is 13.8. The standard InChI is InChI=1S/C13H17Cl2NO2/c1-4-18-11-6-5-9(15)7-10(11)16-12(17)13(2,3)8-14/h5-7H,4,8H2,1-3H3,(H,16,17). The summed E-state index contributed by atoms with van der Waals surface area (Å²) in [4.78, 5) is 12.0. The number of halogens is 2. The van der Waals surface area contributed by atoms with Gasteiger partial charge in [0.15, 0.2) is 0 Å². The highest BCUT2D eigenvalue weighted by molar-refractivity contribution is 6.31. The fourth-order valence-electron chi connectivity index (χ4n) is 1.23. The number of benzene rings is 1. The van der Waals surface area contributed by atoms with E-state index in [1.165, 1.54) is 0 Å². The van der Waals surface area contributed by atoms with Crippen molar-refractivity contribution in [3.8, 4) is 5.75 Å². The third-order valence-corrected chi connectivity index (χ3v) is 3.34. The maximum atomic E-state index is 12.0. The van der Waals surface area contributed by atoms with E-state index in [0.29, 0.717) is 23.1 Å². The van der Waals surface area contributed by atoms with Crippen LogP contribution in [0.5, 0.6) is 5.75 Å². The first kappa shape index (κ1) is 15.1. The number of alkyl halides is 1. The Hall–Kier alpha value is -0.930. The highest BCUT2D eigenvalue weighted by atomic mass is 35.5. The lowest BCUT2D eigenvalue weighted by molar-refractivity contribution is -0.122. The van der Waals surface area contributed by atoms with Crippen LogP contribution in [0.2, 0.25) is 5.02 Å². The average Bonchev–Trinajstić information content (AvgIpc) is 2.32. The Labute approximate surface area is 117 Å². The summed E-state index contributed by atoms with van der Waals surface area (Å²) in [5.41, 5.74) is -0.0829. The number of carbonyl (C=O) groups is 1. The Bertz CT molecular complexity index is 433. The SMILES string of the molecule is CCOc1ccc(Cl)cc1NC(=O)C(C)(C)CCl. The first-order chi connectivity index (χ1) is 8.40. The maximum Gasteiger partial charge on any atom is 0.231 e. The first-order valence-electron chi connectivity index (χ1n) is 5.70. The van der Waals surface area contributed by atoms with Gasteiger partial charge in [-0.15, -0.1) is 11.6 Å². The van der Waals surface area contributed by atoms with Crippen LogP contribution < -0.4 is 10.1 Å². The molecule has 18 heavy (non-hydrogen) atoms. The smallest absolute Gasteiger partial charge is 0.231 e. The molecule has 0 aliphatic rings. The molecule has 1 rings (SSSR count). The zero-order valence-electron chi connectivity index (χ0n) is 10.7. The predicted molar refractivity (Wildman–Crippen MR) is 75.8 cm³/mol. The lowest BCUT2D eigenvalue weighted by Gasteiger charge is -2.21. The number of rotatable bonds is 5. The third kappa shape index (κ3) is 3.79. The number of amides is 1. The molecule has 0 unspecified atom stereocenters. The molecule has 0 aliphatic heterocycles. The second-order valence-electron chi connectivity index (χ2n) is 4.55. The number of nitrogens with one attached hydrogen (secondary N) is 1. The molecule has 1 aromatic carbocycles. The molecule has 0 atom stereocenters. The van der Waals surface area contributed by atoms with Crippen molar-refractivity contribution in [2.24, 2.45) is 5.41 Å². The lowest BCUT2D eigenvalue weighted by atomic mass is 9.95.